The van der Waals surface area contributed by atoms with Gasteiger partial charge in [-0.25, -0.2) is 18.6 Å². The van der Waals surface area contributed by atoms with Crippen LogP contribution < -0.4 is 0 Å². The van der Waals surface area contributed by atoms with E-state index in [1.807, 2.05) is 18.2 Å². The Balaban J connectivity index is 0.000000194. The minimum absolute atomic E-state index is 0.00903. The molecule has 0 radical (unpaired) electrons. The summed E-state index contributed by atoms with van der Waals surface area (Å²) in [6, 6.07) is 10.3. The molecular weight excluding hydrogens is 683 g/mol. The highest BCUT2D eigenvalue weighted by Gasteiger charge is 2.39. The van der Waals surface area contributed by atoms with Crippen LogP contribution in [0.25, 0.3) is 11.4 Å². The van der Waals surface area contributed by atoms with Gasteiger partial charge >= 0.3 is 6.09 Å². The number of hydrogen-bond donors (Lipinski definition) is 0. The van der Waals surface area contributed by atoms with E-state index in [9.17, 15) is 14.4 Å². The molecule has 14 nitrogen and oxygen atoms in total. The second kappa shape index (κ2) is 15.5. The number of tetrazole rings is 2. The van der Waals surface area contributed by atoms with Gasteiger partial charge in [0.1, 0.15) is 18.3 Å². The number of benzene rings is 2. The van der Waals surface area contributed by atoms with Crippen molar-refractivity contribution in [1.29, 1.82) is 0 Å². The summed E-state index contributed by atoms with van der Waals surface area (Å²) in [6.45, 7) is 6.73. The number of ketones is 2. The summed E-state index contributed by atoms with van der Waals surface area (Å²) in [5.74, 6) is 0.161. The van der Waals surface area contributed by atoms with Crippen molar-refractivity contribution in [3.63, 3.8) is 0 Å². The quantitative estimate of drug-likeness (QED) is 0.206. The van der Waals surface area contributed by atoms with Crippen LogP contribution in [0.5, 0.6) is 0 Å². The molecule has 1 amide bonds. The van der Waals surface area contributed by atoms with Crippen LogP contribution in [0.4, 0.5) is 4.79 Å². The Bertz CT molecular complexity index is 1730. The summed E-state index contributed by atoms with van der Waals surface area (Å²) in [5, 5.41) is 23.5. The zero-order valence-corrected chi connectivity index (χ0v) is 28.9. The van der Waals surface area contributed by atoms with Crippen LogP contribution in [0, 0.1) is 0 Å². The first-order valence-corrected chi connectivity index (χ1v) is 16.5. The van der Waals surface area contributed by atoms with Crippen LogP contribution in [0.2, 0.25) is 10.0 Å². The fourth-order valence-electron chi connectivity index (χ4n) is 5.28. The minimum atomic E-state index is -0.582. The zero-order valence-electron chi connectivity index (χ0n) is 26.7. The molecule has 2 aromatic carbocycles. The van der Waals surface area contributed by atoms with Crippen LogP contribution in [0.3, 0.4) is 0 Å². The molecule has 0 aliphatic carbocycles. The van der Waals surface area contributed by atoms with Gasteiger partial charge in [0, 0.05) is 36.0 Å². The van der Waals surface area contributed by atoms with Gasteiger partial charge in [0.2, 0.25) is 0 Å². The van der Waals surface area contributed by atoms with E-state index in [-0.39, 0.29) is 17.6 Å². The maximum absolute atomic E-state index is 12.6. The second-order valence-corrected chi connectivity index (χ2v) is 13.7. The molecule has 2 aliphatic heterocycles. The highest BCUT2D eigenvalue weighted by Crippen LogP contribution is 2.27. The van der Waals surface area contributed by atoms with Crippen molar-refractivity contribution in [2.45, 2.75) is 77.0 Å². The van der Waals surface area contributed by atoms with Gasteiger partial charge in [-0.15, -0.1) is 10.2 Å². The molecule has 0 bridgehead atoms. The Labute approximate surface area is 292 Å². The minimum Gasteiger partial charge on any atom is -0.444 e. The number of rotatable bonds is 10. The van der Waals surface area contributed by atoms with Gasteiger partial charge in [-0.1, -0.05) is 23.2 Å². The van der Waals surface area contributed by atoms with Crippen molar-refractivity contribution in [3.05, 3.63) is 70.2 Å². The standard InChI is InChI=1S/C18H22ClN5O3.C13H13Cl2N5O/c1-18(2,3)27-17(26)23-9-8-15(23)16(25)7-4-12-10-13(19)5-6-14(12)24-11-20-21-22-24;14-10-2-3-11(20-8-16-17-18-20)9(7-10)1-4-13(21)12-5-6-19(12)15/h5-6,10-11,15H,4,7-9H2,1-3H3;2-3,7-8,12H,1,4-6H2/t15-;12-/m00/s1. The van der Waals surface area contributed by atoms with Crippen LogP contribution in [0.15, 0.2) is 49.1 Å². The molecule has 254 valence electrons. The van der Waals surface area contributed by atoms with E-state index < -0.39 is 17.7 Å². The summed E-state index contributed by atoms with van der Waals surface area (Å²) in [6.07, 6.45) is 5.83. The van der Waals surface area contributed by atoms with Gasteiger partial charge in [0.05, 0.1) is 23.5 Å². The SMILES string of the molecule is CC(C)(C)OC(=O)N1CC[C@H]1C(=O)CCc1cc(Cl)ccc1-n1cnnn1.O=C(CCc1cc(Cl)ccc1-n1cnnn1)[C@@H]1CCN1Cl. The lowest BCUT2D eigenvalue weighted by molar-refractivity contribution is -0.128. The van der Waals surface area contributed by atoms with Crippen molar-refractivity contribution < 1.29 is 19.1 Å². The maximum Gasteiger partial charge on any atom is 0.410 e. The molecule has 0 spiro atoms. The monoisotopic (exact) mass is 716 g/mol. The summed E-state index contributed by atoms with van der Waals surface area (Å²) >= 11 is 18.0. The molecule has 6 rings (SSSR count). The fraction of sp³-hybridized carbons (Fsp3) is 0.452. The smallest absolute Gasteiger partial charge is 0.410 e. The molecule has 4 aromatic rings. The Kier molecular flexibility index (Phi) is 11.4. The van der Waals surface area contributed by atoms with Gasteiger partial charge in [-0.2, -0.15) is 0 Å². The third-order valence-corrected chi connectivity index (χ3v) is 8.78. The van der Waals surface area contributed by atoms with E-state index in [0.717, 1.165) is 35.5 Å². The number of likely N-dealkylation sites (tertiary alicyclic amines) is 1. The van der Waals surface area contributed by atoms with Gasteiger partial charge in [0.15, 0.2) is 11.6 Å². The normalized spacial score (nSPS) is 17.5. The number of amides is 1. The number of hydrogen-bond acceptors (Lipinski definition) is 11. The molecule has 2 aliphatic rings. The fourth-order valence-corrected chi connectivity index (χ4v) is 5.98. The number of ether oxygens (including phenoxy) is 1. The third-order valence-electron chi connectivity index (χ3n) is 7.90. The van der Waals surface area contributed by atoms with Crippen LogP contribution in [-0.2, 0) is 27.2 Å². The topological polar surface area (TPSA) is 154 Å². The van der Waals surface area contributed by atoms with E-state index in [1.54, 1.807) is 48.1 Å². The molecular formula is C31H35Cl3N10O4. The lowest BCUT2D eigenvalue weighted by Crippen LogP contribution is -2.56. The molecule has 2 fully saturated rings. The predicted molar refractivity (Wildman–Crippen MR) is 177 cm³/mol. The van der Waals surface area contributed by atoms with Crippen LogP contribution >= 0.6 is 35.0 Å². The van der Waals surface area contributed by atoms with Crippen molar-refractivity contribution in [1.82, 2.24) is 49.7 Å². The molecule has 2 aromatic heterocycles. The highest BCUT2D eigenvalue weighted by atomic mass is 35.5. The summed E-state index contributed by atoms with van der Waals surface area (Å²) < 4.78 is 10.0. The van der Waals surface area contributed by atoms with E-state index in [1.165, 1.54) is 22.2 Å². The average Bonchev–Trinajstić information content (AvgIpc) is 3.73. The molecule has 2 atom stereocenters. The molecule has 17 heteroatoms. The second-order valence-electron chi connectivity index (χ2n) is 12.4. The van der Waals surface area contributed by atoms with E-state index >= 15 is 0 Å². The van der Waals surface area contributed by atoms with Crippen molar-refractivity contribution in [3.8, 4) is 11.4 Å². The first kappa shape index (κ1) is 35.3. The van der Waals surface area contributed by atoms with Crippen molar-refractivity contribution in [2.24, 2.45) is 0 Å². The average molecular weight is 718 g/mol. The number of carbonyl (C=O) groups excluding carboxylic acids is 3. The summed E-state index contributed by atoms with van der Waals surface area (Å²) in [5.41, 5.74) is 2.82. The highest BCUT2D eigenvalue weighted by molar-refractivity contribution is 6.31. The first-order valence-electron chi connectivity index (χ1n) is 15.4. The van der Waals surface area contributed by atoms with E-state index in [2.05, 4.69) is 31.1 Å². The summed E-state index contributed by atoms with van der Waals surface area (Å²) in [4.78, 5) is 38.4. The third kappa shape index (κ3) is 8.92. The molecule has 48 heavy (non-hydrogen) atoms. The van der Waals surface area contributed by atoms with Crippen molar-refractivity contribution in [2.75, 3.05) is 13.1 Å². The number of aryl methyl sites for hydroxylation is 2. The number of nitrogens with zero attached hydrogens (tertiary/aromatic N) is 10. The van der Waals surface area contributed by atoms with Crippen LogP contribution in [-0.4, -0.2) is 98.2 Å². The Morgan fingerprint density at radius 2 is 1.29 bits per heavy atom. The molecule has 4 heterocycles. The lowest BCUT2D eigenvalue weighted by Gasteiger charge is -2.40. The Hall–Kier alpha value is -3.98. The van der Waals surface area contributed by atoms with Crippen molar-refractivity contribution >= 4 is 52.6 Å². The maximum atomic E-state index is 12.6. The number of Topliss-reactive ketones (excluding diaryl/α,β-unsaturated/α-hetero) is 2. The Morgan fingerprint density at radius 3 is 1.67 bits per heavy atom. The lowest BCUT2D eigenvalue weighted by atomic mass is 9.94. The van der Waals surface area contributed by atoms with Gasteiger partial charge < -0.3 is 4.74 Å². The van der Waals surface area contributed by atoms with Crippen LogP contribution in [0.1, 0.15) is 57.6 Å². The predicted octanol–water partition coefficient (Wildman–Crippen LogP) is 4.87. The molecule has 0 N–H and O–H groups in total. The van der Waals surface area contributed by atoms with E-state index in [4.69, 9.17) is 39.7 Å². The Morgan fingerprint density at radius 1 is 0.792 bits per heavy atom. The van der Waals surface area contributed by atoms with Gasteiger partial charge in [0.25, 0.3) is 0 Å². The van der Waals surface area contributed by atoms with Gasteiger partial charge in [-0.3, -0.25) is 14.5 Å². The number of carbonyl (C=O) groups is 3. The van der Waals surface area contributed by atoms with E-state index in [0.29, 0.717) is 48.7 Å². The largest absolute Gasteiger partial charge is 0.444 e. The number of halogens is 3. The first-order chi connectivity index (χ1) is 22.9. The van der Waals surface area contributed by atoms with Gasteiger partial charge in [-0.05, 0) is 127 Å². The number of aromatic nitrogens is 8. The molecule has 0 saturated carbocycles. The zero-order chi connectivity index (χ0) is 34.4. The molecule has 2 saturated heterocycles. The molecule has 0 unspecified atom stereocenters. The summed E-state index contributed by atoms with van der Waals surface area (Å²) in [7, 11) is 0.